The normalized spacial score (nSPS) is 18.0. The highest BCUT2D eigenvalue weighted by Crippen LogP contribution is 2.18. The van der Waals surface area contributed by atoms with Crippen LogP contribution in [0.3, 0.4) is 0 Å². The van der Waals surface area contributed by atoms with Gasteiger partial charge < -0.3 is 9.72 Å². The fraction of sp³-hybridized carbons (Fsp3) is 0.333. The van der Waals surface area contributed by atoms with E-state index in [2.05, 4.69) is 17.1 Å². The van der Waals surface area contributed by atoms with Crippen molar-refractivity contribution in [1.82, 2.24) is 4.98 Å². The summed E-state index contributed by atoms with van der Waals surface area (Å²) in [6.45, 7) is 1.61. The Morgan fingerprint density at radius 3 is 3.09 bits per heavy atom. The number of hydrogen-bond acceptors (Lipinski definition) is 1. The summed E-state index contributed by atoms with van der Waals surface area (Å²) in [7, 11) is 0. The summed E-state index contributed by atoms with van der Waals surface area (Å²) in [4.78, 5) is 3.18. The van der Waals surface area contributed by atoms with Crippen molar-refractivity contribution in [3.05, 3.63) is 30.1 Å². The van der Waals surface area contributed by atoms with E-state index in [9.17, 15) is 0 Å². The van der Waals surface area contributed by atoms with Gasteiger partial charge in [0.1, 0.15) is 0 Å². The second kappa shape index (κ2) is 2.93. The maximum Gasteiger partial charge on any atom is 0.0654 e. The van der Waals surface area contributed by atoms with Crippen LogP contribution < -0.4 is 0 Å². The third kappa shape index (κ3) is 1.35. The number of H-pyrrole nitrogens is 1. The molecule has 2 heterocycles. The first-order valence-corrected chi connectivity index (χ1v) is 3.87. The maximum atomic E-state index is 5.21. The molecule has 1 aliphatic heterocycles. The molecule has 0 unspecified atom stereocenters. The Labute approximate surface area is 65.9 Å². The largest absolute Gasteiger partial charge is 0.377 e. The first-order valence-electron chi connectivity index (χ1n) is 3.87. The number of hydrogen-bond donors (Lipinski definition) is 1. The molecule has 1 aromatic heterocycles. The van der Waals surface area contributed by atoms with Crippen LogP contribution in [-0.2, 0) is 4.74 Å². The van der Waals surface area contributed by atoms with E-state index in [4.69, 9.17) is 4.74 Å². The third-order valence-electron chi connectivity index (χ3n) is 1.91. The van der Waals surface area contributed by atoms with Crippen molar-refractivity contribution >= 4 is 5.57 Å². The van der Waals surface area contributed by atoms with Crippen molar-refractivity contribution in [2.75, 3.05) is 13.2 Å². The van der Waals surface area contributed by atoms with Gasteiger partial charge in [-0.2, -0.15) is 0 Å². The number of aromatic nitrogens is 1. The van der Waals surface area contributed by atoms with E-state index in [1.54, 1.807) is 0 Å². The molecule has 1 N–H and O–H groups in total. The molecule has 11 heavy (non-hydrogen) atoms. The molecule has 0 amide bonds. The Hall–Kier alpha value is -1.02. The van der Waals surface area contributed by atoms with Crippen LogP contribution in [0.15, 0.2) is 24.4 Å². The summed E-state index contributed by atoms with van der Waals surface area (Å²) in [6.07, 6.45) is 5.11. The lowest BCUT2D eigenvalue weighted by atomic mass is 10.1. The SMILES string of the molecule is C1=C(c2ccc[nH]2)CCOC1. The highest BCUT2D eigenvalue weighted by molar-refractivity contribution is 5.63. The molecular weight excluding hydrogens is 138 g/mol. The quantitative estimate of drug-likeness (QED) is 0.647. The second-order valence-corrected chi connectivity index (χ2v) is 2.64. The highest BCUT2D eigenvalue weighted by Gasteiger charge is 2.05. The van der Waals surface area contributed by atoms with Crippen LogP contribution in [0.25, 0.3) is 5.57 Å². The van der Waals surface area contributed by atoms with E-state index < -0.39 is 0 Å². The molecule has 0 saturated heterocycles. The highest BCUT2D eigenvalue weighted by atomic mass is 16.5. The molecule has 0 bridgehead atoms. The van der Waals surface area contributed by atoms with Crippen LogP contribution in [0.1, 0.15) is 12.1 Å². The molecule has 0 aromatic carbocycles. The van der Waals surface area contributed by atoms with Crippen LogP contribution in [-0.4, -0.2) is 18.2 Å². The van der Waals surface area contributed by atoms with Gasteiger partial charge in [-0.15, -0.1) is 0 Å². The van der Waals surface area contributed by atoms with Gasteiger partial charge in [-0.3, -0.25) is 0 Å². The molecule has 0 fully saturated rings. The van der Waals surface area contributed by atoms with Crippen molar-refractivity contribution in [3.63, 3.8) is 0 Å². The van der Waals surface area contributed by atoms with E-state index >= 15 is 0 Å². The van der Waals surface area contributed by atoms with Crippen LogP contribution >= 0.6 is 0 Å². The zero-order chi connectivity index (χ0) is 7.52. The van der Waals surface area contributed by atoms with Gasteiger partial charge in [0.2, 0.25) is 0 Å². The molecule has 58 valence electrons. The standard InChI is InChI=1S/C9H11NO/c1-2-9(10-5-1)8-3-6-11-7-4-8/h1-3,5,10H,4,6-7H2. The summed E-state index contributed by atoms with van der Waals surface area (Å²) in [6, 6.07) is 4.11. The van der Waals surface area contributed by atoms with E-state index in [0.29, 0.717) is 0 Å². The third-order valence-corrected chi connectivity index (χ3v) is 1.91. The Bertz CT molecular complexity index is 249. The van der Waals surface area contributed by atoms with Crippen LogP contribution in [0.2, 0.25) is 0 Å². The molecule has 2 rings (SSSR count). The molecule has 0 saturated carbocycles. The van der Waals surface area contributed by atoms with Gasteiger partial charge in [0.25, 0.3) is 0 Å². The van der Waals surface area contributed by atoms with E-state index in [1.807, 2.05) is 12.3 Å². The molecule has 0 radical (unpaired) electrons. The van der Waals surface area contributed by atoms with Crippen LogP contribution in [0.5, 0.6) is 0 Å². The van der Waals surface area contributed by atoms with Crippen molar-refractivity contribution in [2.24, 2.45) is 0 Å². The van der Waals surface area contributed by atoms with Gasteiger partial charge in [-0.1, -0.05) is 6.08 Å². The van der Waals surface area contributed by atoms with Crippen molar-refractivity contribution in [1.29, 1.82) is 0 Å². The fourth-order valence-electron chi connectivity index (χ4n) is 1.30. The summed E-state index contributed by atoms with van der Waals surface area (Å²) >= 11 is 0. The second-order valence-electron chi connectivity index (χ2n) is 2.64. The smallest absolute Gasteiger partial charge is 0.0654 e. The lowest BCUT2D eigenvalue weighted by molar-refractivity contribution is 0.161. The topological polar surface area (TPSA) is 25.0 Å². The number of rotatable bonds is 1. The Balaban J connectivity index is 2.22. The van der Waals surface area contributed by atoms with Gasteiger partial charge >= 0.3 is 0 Å². The average Bonchev–Trinajstić information content (AvgIpc) is 2.58. The van der Waals surface area contributed by atoms with Crippen LogP contribution in [0.4, 0.5) is 0 Å². The lowest BCUT2D eigenvalue weighted by Crippen LogP contribution is -2.03. The number of nitrogens with one attached hydrogen (secondary N) is 1. The van der Waals surface area contributed by atoms with Crippen LogP contribution in [0, 0.1) is 0 Å². The Morgan fingerprint density at radius 1 is 1.45 bits per heavy atom. The molecule has 2 heteroatoms. The zero-order valence-electron chi connectivity index (χ0n) is 6.34. The summed E-state index contributed by atoms with van der Waals surface area (Å²) in [5.41, 5.74) is 2.61. The van der Waals surface area contributed by atoms with E-state index in [1.165, 1.54) is 11.3 Å². The van der Waals surface area contributed by atoms with Crippen molar-refractivity contribution in [3.8, 4) is 0 Å². The molecule has 0 atom stereocenters. The minimum atomic E-state index is 0.758. The number of aromatic amines is 1. The average molecular weight is 149 g/mol. The van der Waals surface area contributed by atoms with Gasteiger partial charge in [-0.25, -0.2) is 0 Å². The van der Waals surface area contributed by atoms with Crippen molar-refractivity contribution in [2.45, 2.75) is 6.42 Å². The molecular formula is C9H11NO. The maximum absolute atomic E-state index is 5.21. The van der Waals surface area contributed by atoms with Gasteiger partial charge in [0.15, 0.2) is 0 Å². The van der Waals surface area contributed by atoms with E-state index in [0.717, 1.165) is 19.6 Å². The van der Waals surface area contributed by atoms with Crippen molar-refractivity contribution < 1.29 is 4.74 Å². The first-order chi connectivity index (χ1) is 5.47. The van der Waals surface area contributed by atoms with Gasteiger partial charge in [0.05, 0.1) is 13.2 Å². The van der Waals surface area contributed by atoms with Gasteiger partial charge in [0, 0.05) is 11.9 Å². The molecule has 1 aliphatic rings. The zero-order valence-corrected chi connectivity index (χ0v) is 6.34. The Kier molecular flexibility index (Phi) is 1.78. The Morgan fingerprint density at radius 2 is 2.45 bits per heavy atom. The van der Waals surface area contributed by atoms with Gasteiger partial charge in [-0.05, 0) is 24.1 Å². The molecule has 0 aliphatic carbocycles. The minimum absolute atomic E-state index is 0.758. The summed E-state index contributed by atoms with van der Waals surface area (Å²) < 4.78 is 5.21. The minimum Gasteiger partial charge on any atom is -0.377 e. The molecule has 2 nitrogen and oxygen atoms in total. The lowest BCUT2D eigenvalue weighted by Gasteiger charge is -2.11. The first kappa shape index (κ1) is 6.68. The predicted molar refractivity (Wildman–Crippen MR) is 44.2 cm³/mol. The van der Waals surface area contributed by atoms with E-state index in [-0.39, 0.29) is 0 Å². The molecule has 0 spiro atoms. The predicted octanol–water partition coefficient (Wildman–Crippen LogP) is 1.82. The summed E-state index contributed by atoms with van der Waals surface area (Å²) in [5.74, 6) is 0. The fourth-order valence-corrected chi connectivity index (χ4v) is 1.30. The summed E-state index contributed by atoms with van der Waals surface area (Å²) in [5, 5.41) is 0. The monoisotopic (exact) mass is 149 g/mol. The molecule has 1 aromatic rings. The number of ether oxygens (including phenoxy) is 1.